The molecule has 0 saturated carbocycles. The molecule has 3 atom stereocenters. The van der Waals surface area contributed by atoms with Crippen LogP contribution in [0.2, 0.25) is 0 Å². The maximum atomic E-state index is 6.63. The van der Waals surface area contributed by atoms with Gasteiger partial charge in [-0.3, -0.25) is 0 Å². The lowest BCUT2D eigenvalue weighted by atomic mass is 10.0. The van der Waals surface area contributed by atoms with E-state index in [0.717, 1.165) is 58.0 Å². The minimum Gasteiger partial charge on any atom is -0.489 e. The monoisotopic (exact) mass is 507 g/mol. The van der Waals surface area contributed by atoms with Gasteiger partial charge in [-0.15, -0.1) is 0 Å². The summed E-state index contributed by atoms with van der Waals surface area (Å²) in [6.07, 6.45) is 9.80. The molecule has 2 aliphatic rings. The summed E-state index contributed by atoms with van der Waals surface area (Å²) in [6.45, 7) is 2.02. The van der Waals surface area contributed by atoms with Crippen LogP contribution < -0.4 is 14.8 Å². The molecule has 0 aliphatic carbocycles. The summed E-state index contributed by atoms with van der Waals surface area (Å²) in [5.74, 6) is 3.04. The Morgan fingerprint density at radius 2 is 1.79 bits per heavy atom. The number of aromatic nitrogens is 5. The van der Waals surface area contributed by atoms with Gasteiger partial charge in [-0.1, -0.05) is 6.07 Å². The number of aryl methyl sites for hydroxylation is 1. The maximum Gasteiger partial charge on any atom is 0.158 e. The average Bonchev–Trinajstić information content (AvgIpc) is 3.45. The van der Waals surface area contributed by atoms with E-state index in [1.807, 2.05) is 55.6 Å². The Labute approximate surface area is 220 Å². The molecule has 5 heterocycles. The quantitative estimate of drug-likeness (QED) is 0.321. The number of fused-ring (bicyclic) bond motifs is 4. The van der Waals surface area contributed by atoms with E-state index in [0.29, 0.717) is 17.8 Å². The third kappa shape index (κ3) is 4.18. The minimum absolute atomic E-state index is 0.206. The number of anilines is 2. The van der Waals surface area contributed by atoms with Crippen molar-refractivity contribution in [2.24, 2.45) is 0 Å². The summed E-state index contributed by atoms with van der Waals surface area (Å²) in [5.41, 5.74) is 3.50. The highest BCUT2D eigenvalue weighted by molar-refractivity contribution is 5.95. The van der Waals surface area contributed by atoms with Crippen molar-refractivity contribution in [3.05, 3.63) is 72.9 Å². The van der Waals surface area contributed by atoms with Crippen molar-refractivity contribution in [2.75, 3.05) is 12.4 Å². The van der Waals surface area contributed by atoms with Gasteiger partial charge in [0.2, 0.25) is 0 Å². The molecule has 0 amide bonds. The third-order valence-electron chi connectivity index (χ3n) is 7.89. The summed E-state index contributed by atoms with van der Waals surface area (Å²) < 4.78 is 14.5. The Hall–Kier alpha value is -4.24. The highest BCUT2D eigenvalue weighted by Crippen LogP contribution is 2.39. The molecule has 1 N–H and O–H groups in total. The summed E-state index contributed by atoms with van der Waals surface area (Å²) in [4.78, 5) is 15.9. The highest BCUT2D eigenvalue weighted by atomic mass is 16.5. The van der Waals surface area contributed by atoms with Gasteiger partial charge in [0, 0.05) is 30.0 Å². The molecular weight excluding hydrogens is 478 g/mol. The third-order valence-corrected chi connectivity index (χ3v) is 7.89. The molecule has 2 aliphatic heterocycles. The molecule has 0 radical (unpaired) electrons. The second-order valence-corrected chi connectivity index (χ2v) is 10.3. The summed E-state index contributed by atoms with van der Waals surface area (Å²) in [5, 5.41) is 8.53. The minimum atomic E-state index is 0.206. The Morgan fingerprint density at radius 1 is 0.921 bits per heavy atom. The zero-order valence-electron chi connectivity index (χ0n) is 21.4. The van der Waals surface area contributed by atoms with Gasteiger partial charge < -0.3 is 19.7 Å². The van der Waals surface area contributed by atoms with E-state index in [9.17, 15) is 0 Å². The van der Waals surface area contributed by atoms with E-state index in [1.165, 1.54) is 19.2 Å². The van der Waals surface area contributed by atoms with Gasteiger partial charge >= 0.3 is 0 Å². The first kappa shape index (κ1) is 22.9. The van der Waals surface area contributed by atoms with Crippen molar-refractivity contribution in [1.29, 1.82) is 0 Å². The van der Waals surface area contributed by atoms with E-state index in [1.54, 1.807) is 10.8 Å². The lowest BCUT2D eigenvalue weighted by Crippen LogP contribution is -2.43. The molecule has 2 aromatic carbocycles. The van der Waals surface area contributed by atoms with Crippen molar-refractivity contribution in [1.82, 2.24) is 29.5 Å². The van der Waals surface area contributed by atoms with Crippen LogP contribution in [0.3, 0.4) is 0 Å². The predicted octanol–water partition coefficient (Wildman–Crippen LogP) is 5.52. The van der Waals surface area contributed by atoms with Crippen LogP contribution in [-0.4, -0.2) is 54.7 Å². The van der Waals surface area contributed by atoms with Crippen molar-refractivity contribution in [3.63, 3.8) is 0 Å². The molecule has 2 bridgehead atoms. The Morgan fingerprint density at radius 3 is 2.63 bits per heavy atom. The van der Waals surface area contributed by atoms with E-state index >= 15 is 0 Å². The molecule has 0 unspecified atom stereocenters. The van der Waals surface area contributed by atoms with E-state index in [-0.39, 0.29) is 6.10 Å². The Balaban J connectivity index is 1.14. The number of hydrogen-bond acceptors (Lipinski definition) is 8. The number of benzene rings is 2. The topological polar surface area (TPSA) is 89.7 Å². The molecule has 7 rings (SSSR count). The highest BCUT2D eigenvalue weighted by Gasteiger charge is 2.39. The largest absolute Gasteiger partial charge is 0.489 e. The van der Waals surface area contributed by atoms with Crippen LogP contribution in [0.25, 0.3) is 16.6 Å². The number of piperidine rings is 1. The zero-order valence-corrected chi connectivity index (χ0v) is 21.4. The van der Waals surface area contributed by atoms with Crippen LogP contribution >= 0.6 is 0 Å². The fraction of sp³-hybridized carbons (Fsp3) is 0.310. The van der Waals surface area contributed by atoms with Gasteiger partial charge in [-0.05, 0) is 81.6 Å². The van der Waals surface area contributed by atoms with Crippen LogP contribution in [0, 0.1) is 6.92 Å². The molecular formula is C29H29N7O2. The van der Waals surface area contributed by atoms with Gasteiger partial charge in [-0.25, -0.2) is 19.5 Å². The number of hydrogen-bond donors (Lipinski definition) is 1. The SMILES string of the molecule is Cc1cc(Nc2ncnc3cccc(O[C@@H]4C[C@H]5CC[C@@H](C4)N5C)c23)ccc1Oc1ccn2ncnc2c1. The second kappa shape index (κ2) is 9.25. The van der Waals surface area contributed by atoms with Crippen LogP contribution in [0.1, 0.15) is 31.2 Å². The molecule has 9 nitrogen and oxygen atoms in total. The van der Waals surface area contributed by atoms with E-state index < -0.39 is 0 Å². The fourth-order valence-corrected chi connectivity index (χ4v) is 5.87. The normalized spacial score (nSPS) is 21.2. The standard InChI is InChI=1S/C29H29N7O2/c1-18-12-19(6-9-25(18)37-22-10-11-36-27(15-22)31-17-33-36)34-29-28-24(30-16-32-29)4-3-5-26(28)38-23-13-20-7-8-21(14-23)35(20)2/h3-6,9-12,15-17,20-21,23H,7-8,13-14H2,1-2H3,(H,30,32,34)/t20-,21+,23-. The predicted molar refractivity (Wildman–Crippen MR) is 145 cm³/mol. The zero-order chi connectivity index (χ0) is 25.6. The van der Waals surface area contributed by atoms with Gasteiger partial charge in [0.05, 0.1) is 10.9 Å². The molecule has 2 fully saturated rings. The number of nitrogens with one attached hydrogen (secondary N) is 1. The number of pyridine rings is 1. The Kier molecular flexibility index (Phi) is 5.58. The fourth-order valence-electron chi connectivity index (χ4n) is 5.87. The van der Waals surface area contributed by atoms with Crippen molar-refractivity contribution >= 4 is 28.1 Å². The number of rotatable bonds is 6. The molecule has 0 spiro atoms. The first-order valence-corrected chi connectivity index (χ1v) is 13.1. The molecule has 3 aromatic heterocycles. The summed E-state index contributed by atoms with van der Waals surface area (Å²) >= 11 is 0. The van der Waals surface area contributed by atoms with Crippen LogP contribution in [0.15, 0.2) is 67.4 Å². The first-order chi connectivity index (χ1) is 18.6. The molecule has 2 saturated heterocycles. The average molecular weight is 508 g/mol. The number of nitrogens with zero attached hydrogens (tertiary/aromatic N) is 6. The molecule has 9 heteroatoms. The van der Waals surface area contributed by atoms with Crippen LogP contribution in [0.4, 0.5) is 11.5 Å². The van der Waals surface area contributed by atoms with Gasteiger partial charge in [0.25, 0.3) is 0 Å². The smallest absolute Gasteiger partial charge is 0.158 e. The van der Waals surface area contributed by atoms with Gasteiger partial charge in [-0.2, -0.15) is 5.10 Å². The van der Waals surface area contributed by atoms with Crippen molar-refractivity contribution < 1.29 is 9.47 Å². The molecule has 192 valence electrons. The van der Waals surface area contributed by atoms with Crippen LogP contribution in [0.5, 0.6) is 17.2 Å². The van der Waals surface area contributed by atoms with E-state index in [2.05, 4.69) is 43.4 Å². The second-order valence-electron chi connectivity index (χ2n) is 10.3. The first-order valence-electron chi connectivity index (χ1n) is 13.1. The lowest BCUT2D eigenvalue weighted by Gasteiger charge is -2.36. The summed E-state index contributed by atoms with van der Waals surface area (Å²) in [7, 11) is 2.25. The van der Waals surface area contributed by atoms with E-state index in [4.69, 9.17) is 9.47 Å². The van der Waals surface area contributed by atoms with Gasteiger partial charge in [0.15, 0.2) is 5.65 Å². The number of ether oxygens (including phenoxy) is 2. The van der Waals surface area contributed by atoms with Gasteiger partial charge in [0.1, 0.15) is 41.8 Å². The lowest BCUT2D eigenvalue weighted by molar-refractivity contribution is 0.0671. The summed E-state index contributed by atoms with van der Waals surface area (Å²) in [6, 6.07) is 17.0. The Bertz CT molecular complexity index is 1620. The van der Waals surface area contributed by atoms with Crippen LogP contribution in [-0.2, 0) is 0 Å². The molecule has 5 aromatic rings. The van der Waals surface area contributed by atoms with Crippen molar-refractivity contribution in [3.8, 4) is 17.2 Å². The molecule has 38 heavy (non-hydrogen) atoms. The van der Waals surface area contributed by atoms with Crippen molar-refractivity contribution in [2.45, 2.75) is 50.8 Å². The maximum absolute atomic E-state index is 6.63.